The van der Waals surface area contributed by atoms with E-state index < -0.39 is 30.1 Å². The van der Waals surface area contributed by atoms with Crippen LogP contribution in [-0.4, -0.2) is 59.3 Å². The Bertz CT molecular complexity index is 1730. The van der Waals surface area contributed by atoms with Crippen molar-refractivity contribution in [2.75, 3.05) is 18.4 Å². The largest absolute Gasteiger partial charge is 0.490 e. The first-order chi connectivity index (χ1) is 23.3. The molecule has 4 aromatic rings. The van der Waals surface area contributed by atoms with E-state index in [0.717, 1.165) is 21.9 Å². The molecule has 4 aromatic carbocycles. The van der Waals surface area contributed by atoms with Crippen LogP contribution in [-0.2, 0) is 19.2 Å². The molecule has 0 aliphatic carbocycles. The van der Waals surface area contributed by atoms with Crippen molar-refractivity contribution in [3.05, 3.63) is 103 Å². The number of halogens is 3. The number of fused-ring (bicyclic) bond motifs is 1. The highest BCUT2D eigenvalue weighted by molar-refractivity contribution is 5.93. The van der Waals surface area contributed by atoms with Crippen molar-refractivity contribution in [3.8, 4) is 11.1 Å². The minimum atomic E-state index is -5.08. The molecule has 1 unspecified atom stereocenters. The Balaban J connectivity index is 0.000000838. The fraction of sp³-hybridized carbons (Fsp3) is 0.229. The minimum absolute atomic E-state index is 0.195. The average Bonchev–Trinajstić information content (AvgIpc) is 3.07. The Labute approximate surface area is 279 Å². The molecule has 14 heteroatoms. The third-order valence-corrected chi connectivity index (χ3v) is 6.95. The Morgan fingerprint density at radius 3 is 1.94 bits per heavy atom. The summed E-state index contributed by atoms with van der Waals surface area (Å²) >= 11 is 0. The Hall–Kier alpha value is -5.92. The lowest BCUT2D eigenvalue weighted by atomic mass is 9.99. The summed E-state index contributed by atoms with van der Waals surface area (Å²) in [6.07, 6.45) is -4.06. The van der Waals surface area contributed by atoms with Gasteiger partial charge in [0.25, 0.3) is 0 Å². The molecule has 0 saturated carbocycles. The van der Waals surface area contributed by atoms with Gasteiger partial charge in [-0.05, 0) is 52.4 Å². The number of rotatable bonds is 13. The molecule has 6 N–H and O–H groups in total. The number of unbranched alkanes of at least 4 members (excludes halogenated alkanes) is 1. The quantitative estimate of drug-likeness (QED) is 0.0957. The van der Waals surface area contributed by atoms with Crippen LogP contribution in [0.25, 0.3) is 21.9 Å². The molecule has 0 radical (unpaired) electrons. The molecular weight excluding hydrogens is 645 g/mol. The predicted molar refractivity (Wildman–Crippen MR) is 177 cm³/mol. The zero-order chi connectivity index (χ0) is 35.8. The number of benzene rings is 4. The Morgan fingerprint density at radius 1 is 0.694 bits per heavy atom. The van der Waals surface area contributed by atoms with E-state index in [1.54, 1.807) is 12.1 Å². The molecule has 1 atom stereocenters. The van der Waals surface area contributed by atoms with Gasteiger partial charge >= 0.3 is 24.1 Å². The number of urea groups is 1. The maximum absolute atomic E-state index is 12.5. The minimum Gasteiger partial charge on any atom is -0.481 e. The van der Waals surface area contributed by atoms with Crippen molar-refractivity contribution in [1.82, 2.24) is 16.0 Å². The maximum Gasteiger partial charge on any atom is 0.490 e. The Kier molecular flexibility index (Phi) is 14.1. The van der Waals surface area contributed by atoms with Crippen LogP contribution in [0.1, 0.15) is 37.3 Å². The number of carbonyl (C=O) groups is 5. The lowest BCUT2D eigenvalue weighted by Crippen LogP contribution is -2.39. The van der Waals surface area contributed by atoms with Crippen LogP contribution in [0.2, 0.25) is 0 Å². The second-order valence-corrected chi connectivity index (χ2v) is 10.7. The van der Waals surface area contributed by atoms with Gasteiger partial charge in [-0.1, -0.05) is 84.9 Å². The first-order valence-corrected chi connectivity index (χ1v) is 15.1. The summed E-state index contributed by atoms with van der Waals surface area (Å²) in [5.41, 5.74) is 3.37. The number of anilines is 1. The lowest BCUT2D eigenvalue weighted by Gasteiger charge is -2.18. The Morgan fingerprint density at radius 2 is 1.31 bits per heavy atom. The first kappa shape index (κ1) is 37.5. The summed E-state index contributed by atoms with van der Waals surface area (Å²) in [5, 5.41) is 29.5. The third kappa shape index (κ3) is 13.4. The zero-order valence-corrected chi connectivity index (χ0v) is 26.1. The van der Waals surface area contributed by atoms with E-state index >= 15 is 0 Å². The molecular formula is C35H35F3N4O7. The SMILES string of the molecule is O=C(O)C(F)(F)F.O=C(O)CC(NC(=O)CNC(=O)CCCCNC(=O)Nc1ccc2ccccc2c1)c1ccc(-c2ccccc2)cc1. The van der Waals surface area contributed by atoms with Gasteiger partial charge in [0.05, 0.1) is 19.0 Å². The fourth-order valence-electron chi connectivity index (χ4n) is 4.53. The highest BCUT2D eigenvalue weighted by Gasteiger charge is 2.38. The maximum atomic E-state index is 12.5. The highest BCUT2D eigenvalue weighted by Crippen LogP contribution is 2.23. The summed E-state index contributed by atoms with van der Waals surface area (Å²) in [6.45, 7) is 0.135. The summed E-state index contributed by atoms with van der Waals surface area (Å²) in [5.74, 6) is -4.58. The number of carboxylic acid groups (broad SMARTS) is 2. The van der Waals surface area contributed by atoms with Crippen LogP contribution in [0.4, 0.5) is 23.7 Å². The van der Waals surface area contributed by atoms with Gasteiger partial charge in [0.15, 0.2) is 0 Å². The van der Waals surface area contributed by atoms with E-state index in [0.29, 0.717) is 30.6 Å². The molecule has 49 heavy (non-hydrogen) atoms. The van der Waals surface area contributed by atoms with Gasteiger partial charge in [-0.3, -0.25) is 14.4 Å². The van der Waals surface area contributed by atoms with Gasteiger partial charge in [-0.25, -0.2) is 9.59 Å². The van der Waals surface area contributed by atoms with Crippen molar-refractivity contribution in [2.45, 2.75) is 37.9 Å². The van der Waals surface area contributed by atoms with Crippen LogP contribution >= 0.6 is 0 Å². The fourth-order valence-corrected chi connectivity index (χ4v) is 4.53. The second-order valence-electron chi connectivity index (χ2n) is 10.7. The first-order valence-electron chi connectivity index (χ1n) is 15.1. The van der Waals surface area contributed by atoms with Gasteiger partial charge < -0.3 is 31.5 Å². The smallest absolute Gasteiger partial charge is 0.481 e. The molecule has 0 heterocycles. The van der Waals surface area contributed by atoms with Crippen molar-refractivity contribution in [2.24, 2.45) is 0 Å². The number of hydrogen-bond donors (Lipinski definition) is 6. The van der Waals surface area contributed by atoms with Crippen LogP contribution in [0.3, 0.4) is 0 Å². The van der Waals surface area contributed by atoms with Crippen molar-refractivity contribution in [3.63, 3.8) is 0 Å². The van der Waals surface area contributed by atoms with Gasteiger partial charge in [0.2, 0.25) is 11.8 Å². The highest BCUT2D eigenvalue weighted by atomic mass is 19.4. The third-order valence-electron chi connectivity index (χ3n) is 6.95. The zero-order valence-electron chi connectivity index (χ0n) is 26.1. The van der Waals surface area contributed by atoms with Crippen molar-refractivity contribution in [1.29, 1.82) is 0 Å². The molecule has 258 valence electrons. The van der Waals surface area contributed by atoms with Crippen LogP contribution in [0.15, 0.2) is 97.1 Å². The van der Waals surface area contributed by atoms with E-state index in [-0.39, 0.29) is 31.3 Å². The second kappa shape index (κ2) is 18.4. The van der Waals surface area contributed by atoms with Gasteiger partial charge in [0, 0.05) is 18.7 Å². The summed E-state index contributed by atoms with van der Waals surface area (Å²) in [4.78, 5) is 57.2. The molecule has 4 amide bonds. The van der Waals surface area contributed by atoms with Gasteiger partial charge in [-0.15, -0.1) is 0 Å². The molecule has 0 fully saturated rings. The standard InChI is InChI=1S/C33H34N4O5.C2HF3O2/c38-30(12-6-7-19-34-33(42)36-28-18-17-24-10-4-5-11-27(24)20-28)35-22-31(39)37-29(21-32(40)41)26-15-13-25(14-16-26)23-8-2-1-3-9-23;3-2(4,5)1(6)7/h1-5,8-11,13-18,20,29H,6-7,12,19,21-22H2,(H,35,38)(H,37,39)(H,40,41)(H2,34,36,42);(H,6,7). The molecule has 0 saturated heterocycles. The van der Waals surface area contributed by atoms with E-state index in [4.69, 9.17) is 9.90 Å². The molecule has 0 spiro atoms. The average molecular weight is 681 g/mol. The van der Waals surface area contributed by atoms with E-state index in [2.05, 4.69) is 21.3 Å². The molecule has 11 nitrogen and oxygen atoms in total. The number of carbonyl (C=O) groups excluding carboxylic acids is 3. The van der Waals surface area contributed by atoms with Crippen LogP contribution in [0, 0.1) is 0 Å². The lowest BCUT2D eigenvalue weighted by molar-refractivity contribution is -0.192. The molecule has 0 aliphatic heterocycles. The van der Waals surface area contributed by atoms with Gasteiger partial charge in [0.1, 0.15) is 0 Å². The monoisotopic (exact) mass is 680 g/mol. The number of amides is 4. The summed E-state index contributed by atoms with van der Waals surface area (Å²) < 4.78 is 31.7. The number of hydrogen-bond acceptors (Lipinski definition) is 5. The number of alkyl halides is 3. The number of carboxylic acids is 2. The number of aliphatic carboxylic acids is 2. The molecule has 0 aliphatic rings. The van der Waals surface area contributed by atoms with Crippen molar-refractivity contribution >= 4 is 46.2 Å². The molecule has 0 aromatic heterocycles. The summed E-state index contributed by atoms with van der Waals surface area (Å²) in [7, 11) is 0. The number of nitrogens with one attached hydrogen (secondary N) is 4. The van der Waals surface area contributed by atoms with E-state index in [1.165, 1.54) is 0 Å². The normalized spacial score (nSPS) is 11.3. The summed E-state index contributed by atoms with van der Waals surface area (Å²) in [6, 6.07) is 29.7. The topological polar surface area (TPSA) is 174 Å². The predicted octanol–water partition coefficient (Wildman–Crippen LogP) is 5.88. The van der Waals surface area contributed by atoms with Crippen LogP contribution < -0.4 is 21.3 Å². The van der Waals surface area contributed by atoms with E-state index in [1.807, 2.05) is 84.9 Å². The molecule has 4 rings (SSSR count). The molecule has 0 bridgehead atoms. The van der Waals surface area contributed by atoms with Crippen LogP contribution in [0.5, 0.6) is 0 Å². The van der Waals surface area contributed by atoms with Gasteiger partial charge in [-0.2, -0.15) is 13.2 Å². The van der Waals surface area contributed by atoms with E-state index in [9.17, 15) is 37.5 Å². The van der Waals surface area contributed by atoms with Crippen molar-refractivity contribution < 1.29 is 47.4 Å².